The Hall–Kier alpha value is -2.59. The smallest absolute Gasteiger partial charge is 0.156 e. The van der Waals surface area contributed by atoms with E-state index in [0.29, 0.717) is 11.5 Å². The normalized spacial score (nSPS) is 13.0. The molecule has 0 aliphatic carbocycles. The molecule has 0 aliphatic rings. The lowest BCUT2D eigenvalue weighted by molar-refractivity contribution is 0.188. The average Bonchev–Trinajstić information content (AvgIpc) is 3.09. The summed E-state index contributed by atoms with van der Waals surface area (Å²) in [5.74, 6) is 0.514. The van der Waals surface area contributed by atoms with Gasteiger partial charge in [-0.2, -0.15) is 5.10 Å². The van der Waals surface area contributed by atoms with Crippen molar-refractivity contribution >= 4 is 21.9 Å². The van der Waals surface area contributed by atoms with Gasteiger partial charge in [0.05, 0.1) is 5.52 Å². The van der Waals surface area contributed by atoms with Crippen LogP contribution in [0.25, 0.3) is 21.9 Å². The van der Waals surface area contributed by atoms with E-state index in [1.807, 2.05) is 61.6 Å². The Bertz CT molecular complexity index is 903. The van der Waals surface area contributed by atoms with Gasteiger partial charge in [0.1, 0.15) is 17.0 Å². The van der Waals surface area contributed by atoms with Gasteiger partial charge in [0, 0.05) is 17.8 Å². The summed E-state index contributed by atoms with van der Waals surface area (Å²) in [6, 6.07) is 17.4. The first-order chi connectivity index (χ1) is 10.2. The van der Waals surface area contributed by atoms with Gasteiger partial charge in [0.25, 0.3) is 0 Å². The molecule has 4 heteroatoms. The number of fused-ring (bicyclic) bond motifs is 2. The molecule has 1 N–H and O–H groups in total. The first kappa shape index (κ1) is 12.2. The van der Waals surface area contributed by atoms with E-state index in [4.69, 9.17) is 4.42 Å². The van der Waals surface area contributed by atoms with Crippen molar-refractivity contribution in [1.82, 2.24) is 9.78 Å². The predicted molar refractivity (Wildman–Crippen MR) is 81.0 cm³/mol. The molecule has 0 bridgehead atoms. The maximum Gasteiger partial charge on any atom is 0.156 e. The van der Waals surface area contributed by atoms with Gasteiger partial charge in [-0.1, -0.05) is 36.4 Å². The third-order valence-corrected chi connectivity index (χ3v) is 3.76. The molecule has 4 nitrogen and oxygen atoms in total. The molecule has 0 amide bonds. The number of nitrogens with zero attached hydrogens (tertiary/aromatic N) is 2. The summed E-state index contributed by atoms with van der Waals surface area (Å²) >= 11 is 0. The minimum absolute atomic E-state index is 0.514. The number of hydrogen-bond donors (Lipinski definition) is 1. The summed E-state index contributed by atoms with van der Waals surface area (Å²) in [7, 11) is 1.87. The second-order valence-corrected chi connectivity index (χ2v) is 5.12. The Balaban J connectivity index is 1.87. The second kappa shape index (κ2) is 4.46. The lowest BCUT2D eigenvalue weighted by atomic mass is 10.1. The van der Waals surface area contributed by atoms with E-state index in [1.165, 1.54) is 0 Å². The standard InChI is InChI=1S/C17H14N2O2/c1-19-13-8-4-3-7-12(13)16(18-19)17(20)15-10-11-6-2-5-9-14(11)21-15/h2-10,17,20H,1H3. The molecular weight excluding hydrogens is 264 g/mol. The number of aryl methyl sites for hydroxylation is 1. The number of benzene rings is 2. The van der Waals surface area contributed by atoms with Crippen molar-refractivity contribution in [3.63, 3.8) is 0 Å². The average molecular weight is 278 g/mol. The third-order valence-electron chi connectivity index (χ3n) is 3.76. The van der Waals surface area contributed by atoms with Crippen LogP contribution in [0.2, 0.25) is 0 Å². The fourth-order valence-electron chi connectivity index (χ4n) is 2.72. The van der Waals surface area contributed by atoms with Gasteiger partial charge in [0.2, 0.25) is 0 Å². The molecule has 4 rings (SSSR count). The van der Waals surface area contributed by atoms with Gasteiger partial charge >= 0.3 is 0 Å². The summed E-state index contributed by atoms with van der Waals surface area (Å²) in [6.45, 7) is 0. The van der Waals surface area contributed by atoms with Crippen LogP contribution in [0.1, 0.15) is 17.6 Å². The highest BCUT2D eigenvalue weighted by molar-refractivity contribution is 5.83. The van der Waals surface area contributed by atoms with Crippen LogP contribution in [0.5, 0.6) is 0 Å². The third kappa shape index (κ3) is 1.84. The number of hydrogen-bond acceptors (Lipinski definition) is 3. The SMILES string of the molecule is Cn1nc(C(O)c2cc3ccccc3o2)c2ccccc21. The molecule has 0 saturated heterocycles. The van der Waals surface area contributed by atoms with Gasteiger partial charge in [-0.3, -0.25) is 4.68 Å². The number of aliphatic hydroxyl groups is 1. The number of aliphatic hydroxyl groups excluding tert-OH is 1. The lowest BCUT2D eigenvalue weighted by Crippen LogP contribution is -2.00. The highest BCUT2D eigenvalue weighted by atomic mass is 16.4. The summed E-state index contributed by atoms with van der Waals surface area (Å²) in [6.07, 6.45) is -0.872. The molecule has 0 saturated carbocycles. The molecule has 4 aromatic rings. The maximum atomic E-state index is 10.6. The van der Waals surface area contributed by atoms with Gasteiger partial charge < -0.3 is 9.52 Å². The topological polar surface area (TPSA) is 51.2 Å². The molecule has 2 aromatic heterocycles. The minimum Gasteiger partial charge on any atom is -0.458 e. The zero-order valence-corrected chi connectivity index (χ0v) is 11.5. The zero-order chi connectivity index (χ0) is 14.4. The number of aromatic nitrogens is 2. The van der Waals surface area contributed by atoms with E-state index in [0.717, 1.165) is 21.9 Å². The van der Waals surface area contributed by atoms with Gasteiger partial charge in [0.15, 0.2) is 6.10 Å². The largest absolute Gasteiger partial charge is 0.458 e. The van der Waals surface area contributed by atoms with Gasteiger partial charge in [-0.05, 0) is 18.2 Å². The Morgan fingerprint density at radius 1 is 1.10 bits per heavy atom. The van der Waals surface area contributed by atoms with E-state index in [-0.39, 0.29) is 0 Å². The van der Waals surface area contributed by atoms with Crippen LogP contribution in [-0.4, -0.2) is 14.9 Å². The Kier molecular flexibility index (Phi) is 2.59. The van der Waals surface area contributed by atoms with E-state index >= 15 is 0 Å². The van der Waals surface area contributed by atoms with Crippen LogP contribution in [0.3, 0.4) is 0 Å². The Morgan fingerprint density at radius 3 is 2.71 bits per heavy atom. The molecule has 2 aromatic carbocycles. The highest BCUT2D eigenvalue weighted by Crippen LogP contribution is 2.31. The quantitative estimate of drug-likeness (QED) is 0.611. The van der Waals surface area contributed by atoms with Crippen LogP contribution in [0.15, 0.2) is 59.0 Å². The van der Waals surface area contributed by atoms with E-state index in [9.17, 15) is 5.11 Å². The molecule has 0 radical (unpaired) electrons. The summed E-state index contributed by atoms with van der Waals surface area (Å²) in [5, 5.41) is 17.0. The molecule has 2 heterocycles. The van der Waals surface area contributed by atoms with Crippen molar-refractivity contribution in [2.45, 2.75) is 6.10 Å². The number of rotatable bonds is 2. The van der Waals surface area contributed by atoms with Crippen LogP contribution in [0, 0.1) is 0 Å². The molecule has 21 heavy (non-hydrogen) atoms. The lowest BCUT2D eigenvalue weighted by Gasteiger charge is -2.04. The van der Waals surface area contributed by atoms with Gasteiger partial charge in [-0.25, -0.2) is 0 Å². The predicted octanol–water partition coefficient (Wildman–Crippen LogP) is 3.40. The first-order valence-electron chi connectivity index (χ1n) is 6.82. The summed E-state index contributed by atoms with van der Waals surface area (Å²) in [4.78, 5) is 0. The van der Waals surface area contributed by atoms with E-state index < -0.39 is 6.10 Å². The maximum absolute atomic E-state index is 10.6. The fraction of sp³-hybridized carbons (Fsp3) is 0.118. The molecule has 0 fully saturated rings. The van der Waals surface area contributed by atoms with E-state index in [2.05, 4.69) is 5.10 Å². The highest BCUT2D eigenvalue weighted by Gasteiger charge is 2.21. The van der Waals surface area contributed by atoms with Crippen molar-refractivity contribution in [2.24, 2.45) is 7.05 Å². The van der Waals surface area contributed by atoms with Crippen LogP contribution in [-0.2, 0) is 7.05 Å². The number of furan rings is 1. The molecular formula is C17H14N2O2. The van der Waals surface area contributed by atoms with Crippen molar-refractivity contribution in [2.75, 3.05) is 0 Å². The van der Waals surface area contributed by atoms with Crippen molar-refractivity contribution < 1.29 is 9.52 Å². The summed E-state index contributed by atoms with van der Waals surface area (Å²) < 4.78 is 7.52. The molecule has 104 valence electrons. The monoisotopic (exact) mass is 278 g/mol. The number of para-hydroxylation sites is 2. The molecule has 0 spiro atoms. The van der Waals surface area contributed by atoms with Crippen LogP contribution >= 0.6 is 0 Å². The first-order valence-corrected chi connectivity index (χ1v) is 6.82. The Morgan fingerprint density at radius 2 is 1.86 bits per heavy atom. The van der Waals surface area contributed by atoms with Crippen molar-refractivity contribution in [1.29, 1.82) is 0 Å². The van der Waals surface area contributed by atoms with Crippen LogP contribution < -0.4 is 0 Å². The summed E-state index contributed by atoms with van der Waals surface area (Å²) in [5.41, 5.74) is 2.38. The van der Waals surface area contributed by atoms with E-state index in [1.54, 1.807) is 4.68 Å². The fourth-order valence-corrected chi connectivity index (χ4v) is 2.72. The van der Waals surface area contributed by atoms with Gasteiger partial charge in [-0.15, -0.1) is 0 Å². The molecule has 1 atom stereocenters. The Labute approximate surface area is 121 Å². The molecule has 1 unspecified atom stereocenters. The minimum atomic E-state index is -0.872. The second-order valence-electron chi connectivity index (χ2n) is 5.12. The molecule has 0 aliphatic heterocycles. The van der Waals surface area contributed by atoms with Crippen LogP contribution in [0.4, 0.5) is 0 Å². The zero-order valence-electron chi connectivity index (χ0n) is 11.5. The van der Waals surface area contributed by atoms with Crippen molar-refractivity contribution in [3.05, 3.63) is 66.1 Å². The van der Waals surface area contributed by atoms with Crippen molar-refractivity contribution in [3.8, 4) is 0 Å².